The van der Waals surface area contributed by atoms with E-state index >= 15 is 0 Å². The topological polar surface area (TPSA) is 106 Å². The number of hydrogen-bond acceptors (Lipinski definition) is 5. The first-order valence-corrected chi connectivity index (χ1v) is 9.46. The molecule has 0 saturated heterocycles. The second kappa shape index (κ2) is 10.1. The van der Waals surface area contributed by atoms with E-state index in [4.69, 9.17) is 4.74 Å². The number of urea groups is 1. The van der Waals surface area contributed by atoms with Crippen molar-refractivity contribution in [2.24, 2.45) is 13.0 Å². The molecule has 0 aliphatic heterocycles. The molecule has 0 saturated carbocycles. The maximum Gasteiger partial charge on any atom is 0.325 e. The number of carbonyl (C=O) groups is 3. The summed E-state index contributed by atoms with van der Waals surface area (Å²) < 4.78 is 6.40. The van der Waals surface area contributed by atoms with Gasteiger partial charge in [0, 0.05) is 25.1 Å². The fourth-order valence-corrected chi connectivity index (χ4v) is 2.44. The molecule has 1 heterocycles. The Hall–Kier alpha value is -2.58. The van der Waals surface area contributed by atoms with Crippen molar-refractivity contribution in [3.05, 3.63) is 11.8 Å². The molecule has 9 nitrogen and oxygen atoms in total. The SMILES string of the molecule is CCOC(=O)CNC(=O)N(CC(=O)Nc1cc(C(C)(C)C)nn1C)CC(C)C. The Kier molecular flexibility index (Phi) is 8.46. The number of nitrogens with zero attached hydrogens (tertiary/aromatic N) is 3. The fourth-order valence-electron chi connectivity index (χ4n) is 2.44. The number of amides is 3. The average Bonchev–Trinajstić information content (AvgIpc) is 2.93. The number of nitrogens with one attached hydrogen (secondary N) is 2. The molecule has 28 heavy (non-hydrogen) atoms. The highest BCUT2D eigenvalue weighted by atomic mass is 16.5. The summed E-state index contributed by atoms with van der Waals surface area (Å²) >= 11 is 0. The summed E-state index contributed by atoms with van der Waals surface area (Å²) in [6.07, 6.45) is 0. The number of anilines is 1. The summed E-state index contributed by atoms with van der Waals surface area (Å²) in [6.45, 7) is 12.0. The van der Waals surface area contributed by atoms with Crippen molar-refractivity contribution >= 4 is 23.7 Å². The predicted octanol–water partition coefficient (Wildman–Crippen LogP) is 1.89. The van der Waals surface area contributed by atoms with E-state index in [0.717, 1.165) is 5.69 Å². The molecule has 1 rings (SSSR count). The lowest BCUT2D eigenvalue weighted by Gasteiger charge is -2.24. The van der Waals surface area contributed by atoms with Gasteiger partial charge in [0.25, 0.3) is 0 Å². The molecule has 0 spiro atoms. The van der Waals surface area contributed by atoms with Crippen LogP contribution in [0.3, 0.4) is 0 Å². The molecule has 0 aliphatic carbocycles. The van der Waals surface area contributed by atoms with Gasteiger partial charge in [-0.05, 0) is 12.8 Å². The van der Waals surface area contributed by atoms with Gasteiger partial charge in [0.2, 0.25) is 5.91 Å². The van der Waals surface area contributed by atoms with Gasteiger partial charge in [-0.15, -0.1) is 0 Å². The third kappa shape index (κ3) is 7.58. The van der Waals surface area contributed by atoms with Crippen molar-refractivity contribution < 1.29 is 19.1 Å². The Morgan fingerprint density at radius 3 is 2.43 bits per heavy atom. The van der Waals surface area contributed by atoms with E-state index in [1.807, 2.05) is 40.7 Å². The Labute approximate surface area is 166 Å². The van der Waals surface area contributed by atoms with Crippen LogP contribution in [0.25, 0.3) is 0 Å². The number of hydrogen-bond donors (Lipinski definition) is 2. The van der Waals surface area contributed by atoms with Gasteiger partial charge in [-0.25, -0.2) is 4.79 Å². The molecule has 158 valence electrons. The zero-order chi connectivity index (χ0) is 21.5. The van der Waals surface area contributed by atoms with E-state index in [2.05, 4.69) is 15.7 Å². The smallest absolute Gasteiger partial charge is 0.325 e. The molecule has 0 atom stereocenters. The summed E-state index contributed by atoms with van der Waals surface area (Å²) in [5, 5.41) is 9.71. The van der Waals surface area contributed by atoms with Crippen LogP contribution in [-0.4, -0.2) is 58.8 Å². The van der Waals surface area contributed by atoms with Crippen LogP contribution >= 0.6 is 0 Å². The van der Waals surface area contributed by atoms with Crippen LogP contribution in [0.15, 0.2) is 6.07 Å². The largest absolute Gasteiger partial charge is 0.465 e. The molecule has 3 amide bonds. The van der Waals surface area contributed by atoms with Crippen molar-refractivity contribution in [1.29, 1.82) is 0 Å². The molecule has 2 N–H and O–H groups in total. The van der Waals surface area contributed by atoms with Gasteiger partial charge in [0.1, 0.15) is 18.9 Å². The summed E-state index contributed by atoms with van der Waals surface area (Å²) in [7, 11) is 1.75. The first-order chi connectivity index (χ1) is 12.9. The van der Waals surface area contributed by atoms with Gasteiger partial charge in [-0.3, -0.25) is 14.3 Å². The van der Waals surface area contributed by atoms with E-state index in [0.29, 0.717) is 12.4 Å². The van der Waals surface area contributed by atoms with Crippen LogP contribution in [0.2, 0.25) is 0 Å². The molecule has 0 unspecified atom stereocenters. The summed E-state index contributed by atoms with van der Waals surface area (Å²) in [5.74, 6) is -0.138. The minimum absolute atomic E-state index is 0.136. The first kappa shape index (κ1) is 23.5. The highest BCUT2D eigenvalue weighted by Gasteiger charge is 2.22. The number of carbonyl (C=O) groups excluding carboxylic acids is 3. The molecule has 0 aliphatic rings. The number of aryl methyl sites for hydroxylation is 1. The van der Waals surface area contributed by atoms with Crippen LogP contribution < -0.4 is 10.6 Å². The van der Waals surface area contributed by atoms with E-state index in [9.17, 15) is 14.4 Å². The zero-order valence-electron chi connectivity index (χ0n) is 18.0. The van der Waals surface area contributed by atoms with Crippen molar-refractivity contribution in [2.45, 2.75) is 47.0 Å². The maximum absolute atomic E-state index is 12.5. The molecular weight excluding hydrogens is 362 g/mol. The normalized spacial score (nSPS) is 11.3. The van der Waals surface area contributed by atoms with Crippen molar-refractivity contribution in [3.63, 3.8) is 0 Å². The number of esters is 1. The van der Waals surface area contributed by atoms with Crippen LogP contribution in [0.5, 0.6) is 0 Å². The van der Waals surface area contributed by atoms with Gasteiger partial charge in [-0.1, -0.05) is 34.6 Å². The average molecular weight is 396 g/mol. The molecule has 0 aromatic carbocycles. The van der Waals surface area contributed by atoms with Crippen LogP contribution in [0, 0.1) is 5.92 Å². The minimum atomic E-state index is -0.519. The minimum Gasteiger partial charge on any atom is -0.465 e. The lowest BCUT2D eigenvalue weighted by molar-refractivity contribution is -0.141. The fraction of sp³-hybridized carbons (Fsp3) is 0.684. The Morgan fingerprint density at radius 2 is 1.93 bits per heavy atom. The Bertz CT molecular complexity index is 691. The van der Waals surface area contributed by atoms with Gasteiger partial charge >= 0.3 is 12.0 Å². The van der Waals surface area contributed by atoms with E-state index < -0.39 is 12.0 Å². The van der Waals surface area contributed by atoms with Crippen LogP contribution in [0.4, 0.5) is 10.6 Å². The molecule has 0 fully saturated rings. The van der Waals surface area contributed by atoms with Crippen molar-refractivity contribution in [2.75, 3.05) is 31.6 Å². The standard InChI is InChI=1S/C19H33N5O4/c1-8-28-17(26)10-20-18(27)24(11-13(2)3)12-16(25)21-15-9-14(19(4,5)6)22-23(15)7/h9,13H,8,10-12H2,1-7H3,(H,20,27)(H,21,25). The van der Waals surface area contributed by atoms with Crippen molar-refractivity contribution in [3.8, 4) is 0 Å². The molecule has 0 bridgehead atoms. The summed E-state index contributed by atoms with van der Waals surface area (Å²) in [5.41, 5.74) is 0.716. The van der Waals surface area contributed by atoms with Crippen molar-refractivity contribution in [1.82, 2.24) is 20.0 Å². The third-order valence-corrected chi connectivity index (χ3v) is 3.81. The zero-order valence-corrected chi connectivity index (χ0v) is 18.0. The van der Waals surface area contributed by atoms with E-state index in [-0.39, 0.29) is 36.9 Å². The monoisotopic (exact) mass is 395 g/mol. The molecule has 1 aromatic rings. The summed E-state index contributed by atoms with van der Waals surface area (Å²) in [6, 6.07) is 1.34. The first-order valence-electron chi connectivity index (χ1n) is 9.46. The highest BCUT2D eigenvalue weighted by Crippen LogP contribution is 2.23. The summed E-state index contributed by atoms with van der Waals surface area (Å²) in [4.78, 5) is 37.7. The molecular formula is C19H33N5O4. The second-order valence-electron chi connectivity index (χ2n) is 8.07. The van der Waals surface area contributed by atoms with Gasteiger partial charge < -0.3 is 20.3 Å². The Balaban J connectivity index is 2.75. The molecule has 1 aromatic heterocycles. The second-order valence-corrected chi connectivity index (χ2v) is 8.07. The number of ether oxygens (including phenoxy) is 1. The maximum atomic E-state index is 12.5. The quantitative estimate of drug-likeness (QED) is 0.654. The van der Waals surface area contributed by atoms with Crippen LogP contribution in [0.1, 0.15) is 47.2 Å². The number of aromatic nitrogens is 2. The highest BCUT2D eigenvalue weighted by molar-refractivity contribution is 5.94. The predicted molar refractivity (Wildman–Crippen MR) is 107 cm³/mol. The van der Waals surface area contributed by atoms with E-state index in [1.165, 1.54) is 4.90 Å². The molecule has 0 radical (unpaired) electrons. The van der Waals surface area contributed by atoms with Gasteiger partial charge in [0.05, 0.1) is 12.3 Å². The third-order valence-electron chi connectivity index (χ3n) is 3.81. The van der Waals surface area contributed by atoms with Crippen LogP contribution in [-0.2, 0) is 26.8 Å². The molecule has 9 heteroatoms. The van der Waals surface area contributed by atoms with Gasteiger partial charge in [0.15, 0.2) is 0 Å². The Morgan fingerprint density at radius 1 is 1.29 bits per heavy atom. The lowest BCUT2D eigenvalue weighted by atomic mass is 9.92. The lowest BCUT2D eigenvalue weighted by Crippen LogP contribution is -2.47. The van der Waals surface area contributed by atoms with E-state index in [1.54, 1.807) is 18.7 Å². The number of rotatable bonds is 8. The van der Waals surface area contributed by atoms with Gasteiger partial charge in [-0.2, -0.15) is 5.10 Å².